The summed E-state index contributed by atoms with van der Waals surface area (Å²) in [4.78, 5) is 0. The minimum absolute atomic E-state index is 0.190. The quantitative estimate of drug-likeness (QED) is 0.522. The number of hydrogen-bond donors (Lipinski definition) is 0. The highest BCUT2D eigenvalue weighted by Crippen LogP contribution is 2.31. The van der Waals surface area contributed by atoms with Gasteiger partial charge in [-0.3, -0.25) is 0 Å². The maximum atomic E-state index is 7.26. The van der Waals surface area contributed by atoms with E-state index in [-0.39, 0.29) is 6.00 Å². The molecule has 1 fully saturated rings. The number of hydrogen-bond acceptors (Lipinski definition) is 1. The highest BCUT2D eigenvalue weighted by atomic mass is 16.5. The molecule has 2 unspecified atom stereocenters. The van der Waals surface area contributed by atoms with Gasteiger partial charge in [0.1, 0.15) is 7.81 Å². The molecule has 1 nitrogen and oxygen atoms in total. The molecule has 1 aliphatic heterocycles. The van der Waals surface area contributed by atoms with Crippen LogP contribution < -0.4 is 0 Å². The van der Waals surface area contributed by atoms with Gasteiger partial charge >= 0.3 is 0 Å². The highest BCUT2D eigenvalue weighted by Gasteiger charge is 2.34. The lowest BCUT2D eigenvalue weighted by Crippen LogP contribution is -2.15. The van der Waals surface area contributed by atoms with Crippen LogP contribution >= 0.6 is 0 Å². The van der Waals surface area contributed by atoms with Crippen molar-refractivity contribution in [2.24, 2.45) is 11.8 Å². The van der Waals surface area contributed by atoms with Gasteiger partial charge in [0.05, 0.1) is 6.10 Å². The fraction of sp³-hybridized carbons (Fsp3) is 1.00. The fourth-order valence-electron chi connectivity index (χ4n) is 1.62. The Morgan fingerprint density at radius 2 is 2.20 bits per heavy atom. The van der Waals surface area contributed by atoms with E-state index in [9.17, 15) is 0 Å². The summed E-state index contributed by atoms with van der Waals surface area (Å²) in [6, 6.07) is 0.190. The van der Waals surface area contributed by atoms with E-state index < -0.39 is 0 Å². The molecular formula is C8H17BO. The van der Waals surface area contributed by atoms with Crippen molar-refractivity contribution < 1.29 is 4.74 Å². The topological polar surface area (TPSA) is 9.23 Å². The Bertz CT molecular complexity index is 113. The van der Waals surface area contributed by atoms with Crippen LogP contribution in [0.2, 0.25) is 0 Å². The van der Waals surface area contributed by atoms with E-state index in [1.54, 1.807) is 0 Å². The Kier molecular flexibility index (Phi) is 1.98. The molecule has 4 atom stereocenters. The molecule has 0 aromatic rings. The summed E-state index contributed by atoms with van der Waals surface area (Å²) < 4.78 is 13.0. The first-order valence-electron chi connectivity index (χ1n) is 4.86. The van der Waals surface area contributed by atoms with Crippen molar-refractivity contribution in [1.29, 1.82) is 1.34 Å². The Labute approximate surface area is 65.9 Å². The molecule has 0 aromatic heterocycles. The van der Waals surface area contributed by atoms with Gasteiger partial charge in [0.25, 0.3) is 0 Å². The molecule has 0 spiro atoms. The summed E-state index contributed by atoms with van der Waals surface area (Å²) in [5.74, 6) is 1.20. The summed E-state index contributed by atoms with van der Waals surface area (Å²) in [7, 11) is 0.419. The Morgan fingerprint density at radius 3 is 2.50 bits per heavy atom. The highest BCUT2D eigenvalue weighted by molar-refractivity contribution is 6.11. The summed E-state index contributed by atoms with van der Waals surface area (Å²) in [6.45, 7) is 6.58. The van der Waals surface area contributed by atoms with Gasteiger partial charge in [-0.1, -0.05) is 20.8 Å². The molecule has 58 valence electrons. The van der Waals surface area contributed by atoms with Crippen LogP contribution in [-0.2, 0) is 4.74 Å². The maximum Gasteiger partial charge on any atom is 0.139 e. The molecule has 0 aromatic carbocycles. The molecule has 1 rings (SSSR count). The summed E-state index contributed by atoms with van der Waals surface area (Å²) in [6.07, 6.45) is 1.49. The summed E-state index contributed by atoms with van der Waals surface area (Å²) >= 11 is 0. The molecule has 0 saturated carbocycles. The minimum atomic E-state index is 0.190. The SMILES string of the molecule is [2H]B[C@@H]1O[C@H](CC)C(C)C1C. The third-order valence-corrected chi connectivity index (χ3v) is 2.75. The third-order valence-electron chi connectivity index (χ3n) is 2.75. The molecule has 0 N–H and O–H groups in total. The van der Waals surface area contributed by atoms with Gasteiger partial charge < -0.3 is 4.74 Å². The van der Waals surface area contributed by atoms with E-state index in [2.05, 4.69) is 20.8 Å². The average Bonchev–Trinajstić information content (AvgIpc) is 2.30. The second kappa shape index (κ2) is 2.95. The van der Waals surface area contributed by atoms with Gasteiger partial charge in [-0.2, -0.15) is 0 Å². The van der Waals surface area contributed by atoms with Crippen LogP contribution in [0, 0.1) is 11.8 Å². The molecule has 2 heteroatoms. The van der Waals surface area contributed by atoms with Crippen molar-refractivity contribution in [3.05, 3.63) is 0 Å². The van der Waals surface area contributed by atoms with Crippen LogP contribution in [0.3, 0.4) is 0 Å². The molecule has 0 aliphatic carbocycles. The first-order valence-corrected chi connectivity index (χ1v) is 4.15. The predicted octanol–water partition coefficient (Wildman–Crippen LogP) is 1.03. The van der Waals surface area contributed by atoms with Crippen molar-refractivity contribution in [2.45, 2.75) is 39.3 Å². The van der Waals surface area contributed by atoms with E-state index in [4.69, 9.17) is 6.07 Å². The zero-order valence-electron chi connectivity index (χ0n) is 8.13. The second-order valence-corrected chi connectivity index (χ2v) is 3.34. The van der Waals surface area contributed by atoms with E-state index in [1.165, 1.54) is 0 Å². The van der Waals surface area contributed by atoms with Crippen LogP contribution in [0.1, 0.15) is 27.2 Å². The molecule has 1 aliphatic rings. The van der Waals surface area contributed by atoms with Crippen LogP contribution in [0.5, 0.6) is 0 Å². The molecular weight excluding hydrogens is 123 g/mol. The van der Waals surface area contributed by atoms with E-state index >= 15 is 0 Å². The van der Waals surface area contributed by atoms with E-state index in [1.807, 2.05) is 0 Å². The summed E-state index contributed by atoms with van der Waals surface area (Å²) in [5, 5.41) is 0. The van der Waals surface area contributed by atoms with Gasteiger partial charge in [0.15, 0.2) is 0 Å². The van der Waals surface area contributed by atoms with E-state index in [0.29, 0.717) is 25.7 Å². The molecule has 1 heterocycles. The van der Waals surface area contributed by atoms with Crippen LogP contribution in [0.15, 0.2) is 0 Å². The van der Waals surface area contributed by atoms with Gasteiger partial charge in [0, 0.05) is 6.00 Å². The lowest BCUT2D eigenvalue weighted by Gasteiger charge is -2.13. The molecule has 0 radical (unpaired) electrons. The van der Waals surface area contributed by atoms with Gasteiger partial charge in [-0.05, 0) is 19.6 Å². The van der Waals surface area contributed by atoms with Crippen LogP contribution in [-0.4, -0.2) is 21.3 Å². The Balaban J connectivity index is 2.53. The molecule has 10 heavy (non-hydrogen) atoms. The van der Waals surface area contributed by atoms with Crippen molar-refractivity contribution in [2.75, 3.05) is 0 Å². The smallest absolute Gasteiger partial charge is 0.139 e. The Hall–Kier alpha value is 0.0249. The first-order chi connectivity index (χ1) is 5.20. The lowest BCUT2D eigenvalue weighted by atomic mass is 9.81. The normalized spacial score (nSPS) is 48.9. The fourth-order valence-corrected chi connectivity index (χ4v) is 1.62. The zero-order chi connectivity index (χ0) is 8.43. The van der Waals surface area contributed by atoms with Gasteiger partial charge in [-0.15, -0.1) is 0 Å². The van der Waals surface area contributed by atoms with Crippen molar-refractivity contribution in [3.8, 4) is 0 Å². The minimum Gasteiger partial charge on any atom is -0.383 e. The first kappa shape index (κ1) is 6.72. The largest absolute Gasteiger partial charge is 0.383 e. The third kappa shape index (κ3) is 1.22. The molecule has 1 saturated heterocycles. The monoisotopic (exact) mass is 141 g/mol. The van der Waals surface area contributed by atoms with Crippen LogP contribution in [0.4, 0.5) is 0 Å². The Morgan fingerprint density at radius 1 is 1.50 bits per heavy atom. The number of ether oxygens (including phenoxy) is 1. The average molecular weight is 141 g/mol. The van der Waals surface area contributed by atoms with E-state index in [0.717, 1.165) is 6.42 Å². The zero-order valence-corrected chi connectivity index (χ0v) is 7.13. The van der Waals surface area contributed by atoms with Crippen molar-refractivity contribution >= 4 is 7.81 Å². The van der Waals surface area contributed by atoms with Gasteiger partial charge in [0.2, 0.25) is 0 Å². The number of rotatable bonds is 2. The van der Waals surface area contributed by atoms with Gasteiger partial charge in [-0.25, -0.2) is 0 Å². The maximum absolute atomic E-state index is 7.26. The predicted molar refractivity (Wildman–Crippen MR) is 45.8 cm³/mol. The van der Waals surface area contributed by atoms with Crippen LogP contribution in [0.25, 0.3) is 0 Å². The lowest BCUT2D eigenvalue weighted by molar-refractivity contribution is 0.0698. The van der Waals surface area contributed by atoms with Crippen molar-refractivity contribution in [3.63, 3.8) is 0 Å². The molecule has 0 amide bonds. The second-order valence-electron chi connectivity index (χ2n) is 3.34. The van der Waals surface area contributed by atoms with Crippen molar-refractivity contribution in [1.82, 2.24) is 0 Å². The standard InChI is InChI=1S/C8H17BO/c1-4-7-5(2)6(3)8(9)10-7/h5-8H,4,9H2,1-3H3/t5?,6?,7-,8-/m1/s1/i9D. The molecule has 0 bridgehead atoms. The summed E-state index contributed by atoms with van der Waals surface area (Å²) in [5.41, 5.74) is 0.